The van der Waals surface area contributed by atoms with Gasteiger partial charge in [-0.05, 0) is 51.2 Å². The van der Waals surface area contributed by atoms with Gasteiger partial charge in [0.25, 0.3) is 0 Å². The molecule has 2 saturated heterocycles. The van der Waals surface area contributed by atoms with E-state index in [-0.39, 0.29) is 17.1 Å². The summed E-state index contributed by atoms with van der Waals surface area (Å²) in [6.07, 6.45) is 4.22. The van der Waals surface area contributed by atoms with Gasteiger partial charge in [-0.3, -0.25) is 9.80 Å². The Morgan fingerprint density at radius 1 is 1.15 bits per heavy atom. The predicted octanol–water partition coefficient (Wildman–Crippen LogP) is 1.74. The van der Waals surface area contributed by atoms with Gasteiger partial charge in [0, 0.05) is 50.5 Å². The molecule has 0 aromatic heterocycles. The third-order valence-corrected chi connectivity index (χ3v) is 7.08. The number of hydrogen-bond acceptors (Lipinski definition) is 8. The van der Waals surface area contributed by atoms with E-state index in [2.05, 4.69) is 34.0 Å². The second kappa shape index (κ2) is 12.9. The standard InChI is InChI=1S/C24H41N7O.C2H6/c1-4-18(9-10-28-2)14-30-15-24(16-30)17-31(12-11-29(24)3)21(23(26)27)13-20(25)19-7-5-6-8-22(19)32;1-2/h5-8,13,18,28,32H,4,9-12,14-17,25-27H2,1-3H3;1-2H3/b20-13-;. The van der Waals surface area contributed by atoms with Gasteiger partial charge in [0.05, 0.1) is 11.2 Å². The monoisotopic (exact) mass is 473 g/mol. The first-order chi connectivity index (χ1) is 16.3. The van der Waals surface area contributed by atoms with Crippen LogP contribution in [-0.4, -0.2) is 85.3 Å². The number of rotatable bonds is 9. The van der Waals surface area contributed by atoms with Gasteiger partial charge < -0.3 is 32.5 Å². The minimum absolute atomic E-state index is 0.0950. The molecule has 192 valence electrons. The average Bonchev–Trinajstić information content (AvgIpc) is 2.81. The number of aromatic hydroxyl groups is 1. The first kappa shape index (κ1) is 27.8. The van der Waals surface area contributed by atoms with Crippen molar-refractivity contribution in [3.63, 3.8) is 0 Å². The van der Waals surface area contributed by atoms with Crippen molar-refractivity contribution in [1.82, 2.24) is 20.0 Å². The lowest BCUT2D eigenvalue weighted by Gasteiger charge is -2.60. The van der Waals surface area contributed by atoms with Crippen molar-refractivity contribution in [3.05, 3.63) is 47.4 Å². The van der Waals surface area contributed by atoms with E-state index in [1.54, 1.807) is 24.3 Å². The van der Waals surface area contributed by atoms with Gasteiger partial charge >= 0.3 is 0 Å². The van der Waals surface area contributed by atoms with Crippen molar-refractivity contribution in [2.24, 2.45) is 23.1 Å². The molecule has 0 saturated carbocycles. The van der Waals surface area contributed by atoms with E-state index in [4.69, 9.17) is 17.2 Å². The van der Waals surface area contributed by atoms with Crippen LogP contribution in [-0.2, 0) is 0 Å². The number of hydrogen-bond donors (Lipinski definition) is 5. The highest BCUT2D eigenvalue weighted by Gasteiger charge is 2.49. The van der Waals surface area contributed by atoms with Crippen molar-refractivity contribution in [3.8, 4) is 5.75 Å². The second-order valence-electron chi connectivity index (χ2n) is 9.36. The highest BCUT2D eigenvalue weighted by atomic mass is 16.3. The van der Waals surface area contributed by atoms with Crippen LogP contribution in [0.2, 0.25) is 0 Å². The van der Waals surface area contributed by atoms with Crippen LogP contribution in [0.1, 0.15) is 39.2 Å². The van der Waals surface area contributed by atoms with Crippen LogP contribution in [0.4, 0.5) is 0 Å². The summed E-state index contributed by atoms with van der Waals surface area (Å²) in [6, 6.07) is 7.03. The van der Waals surface area contributed by atoms with Crippen LogP contribution in [0.25, 0.3) is 5.70 Å². The molecule has 34 heavy (non-hydrogen) atoms. The van der Waals surface area contributed by atoms with Crippen LogP contribution in [0.3, 0.4) is 0 Å². The summed E-state index contributed by atoms with van der Waals surface area (Å²) in [7, 11) is 4.24. The zero-order chi connectivity index (χ0) is 25.3. The van der Waals surface area contributed by atoms with Gasteiger partial charge in [-0.15, -0.1) is 0 Å². The zero-order valence-electron chi connectivity index (χ0n) is 21.8. The quantitative estimate of drug-likeness (QED) is 0.344. The van der Waals surface area contributed by atoms with E-state index in [0.29, 0.717) is 11.3 Å². The van der Waals surface area contributed by atoms with Gasteiger partial charge in [0.1, 0.15) is 11.6 Å². The van der Waals surface area contributed by atoms with E-state index in [9.17, 15) is 5.11 Å². The molecule has 1 aromatic rings. The van der Waals surface area contributed by atoms with Gasteiger partial charge in [0.15, 0.2) is 0 Å². The van der Waals surface area contributed by atoms with Crippen molar-refractivity contribution >= 4 is 5.70 Å². The van der Waals surface area contributed by atoms with Crippen molar-refractivity contribution in [2.75, 3.05) is 59.9 Å². The first-order valence-electron chi connectivity index (χ1n) is 12.6. The molecule has 2 aliphatic rings. The molecule has 3 rings (SSSR count). The number of likely N-dealkylation sites (N-methyl/N-ethyl adjacent to an activating group) is 1. The van der Waals surface area contributed by atoms with Crippen LogP contribution in [0.15, 0.2) is 41.9 Å². The number of nitrogens with zero attached hydrogens (tertiary/aromatic N) is 3. The van der Waals surface area contributed by atoms with Crippen LogP contribution < -0.4 is 22.5 Å². The van der Waals surface area contributed by atoms with Crippen molar-refractivity contribution in [1.29, 1.82) is 0 Å². The van der Waals surface area contributed by atoms with Crippen molar-refractivity contribution in [2.45, 2.75) is 39.2 Å². The second-order valence-corrected chi connectivity index (χ2v) is 9.36. The molecule has 8 N–H and O–H groups in total. The van der Waals surface area contributed by atoms with Crippen LogP contribution >= 0.6 is 0 Å². The lowest BCUT2D eigenvalue weighted by atomic mass is 9.84. The summed E-state index contributed by atoms with van der Waals surface area (Å²) < 4.78 is 0. The molecule has 0 bridgehead atoms. The third-order valence-electron chi connectivity index (χ3n) is 7.08. The topological polar surface area (TPSA) is 120 Å². The minimum Gasteiger partial charge on any atom is -0.507 e. The highest BCUT2D eigenvalue weighted by Crippen LogP contribution is 2.34. The molecule has 0 amide bonds. The lowest BCUT2D eigenvalue weighted by molar-refractivity contribution is -0.0861. The predicted molar refractivity (Wildman–Crippen MR) is 143 cm³/mol. The molecule has 2 fully saturated rings. The van der Waals surface area contributed by atoms with E-state index in [1.165, 1.54) is 12.8 Å². The number of phenols is 1. The summed E-state index contributed by atoms with van der Waals surface area (Å²) in [5.41, 5.74) is 20.4. The Bertz CT molecular complexity index is 828. The zero-order valence-corrected chi connectivity index (χ0v) is 21.8. The maximum Gasteiger partial charge on any atom is 0.124 e. The number of allylic oxidation sites excluding steroid dienone is 1. The summed E-state index contributed by atoms with van der Waals surface area (Å²) in [6.45, 7) is 13.2. The third kappa shape index (κ3) is 6.58. The Hall–Kier alpha value is -2.42. The van der Waals surface area contributed by atoms with Gasteiger partial charge in [-0.25, -0.2) is 0 Å². The number of phenolic OH excluding ortho intramolecular Hbond substituents is 1. The van der Waals surface area contributed by atoms with E-state index < -0.39 is 0 Å². The van der Waals surface area contributed by atoms with Gasteiger partial charge in [-0.1, -0.05) is 39.3 Å². The number of piperazine rings is 1. The Labute approximate surface area is 206 Å². The van der Waals surface area contributed by atoms with Gasteiger partial charge in [0.2, 0.25) is 0 Å². The maximum atomic E-state index is 10.2. The smallest absolute Gasteiger partial charge is 0.124 e. The summed E-state index contributed by atoms with van der Waals surface area (Å²) >= 11 is 0. The Kier molecular flexibility index (Phi) is 10.5. The molecular weight excluding hydrogens is 426 g/mol. The normalized spacial score (nSPS) is 19.2. The molecule has 2 aliphatic heterocycles. The Morgan fingerprint density at radius 3 is 2.41 bits per heavy atom. The summed E-state index contributed by atoms with van der Waals surface area (Å²) in [4.78, 5) is 7.30. The highest BCUT2D eigenvalue weighted by molar-refractivity contribution is 5.69. The maximum absolute atomic E-state index is 10.2. The average molecular weight is 474 g/mol. The minimum atomic E-state index is 0.0950. The summed E-state index contributed by atoms with van der Waals surface area (Å²) in [5.74, 6) is 1.11. The fourth-order valence-electron chi connectivity index (χ4n) is 4.96. The molecule has 2 heterocycles. The largest absolute Gasteiger partial charge is 0.507 e. The number of benzene rings is 1. The molecule has 1 spiro atoms. The van der Waals surface area contributed by atoms with E-state index >= 15 is 0 Å². The molecule has 1 aromatic carbocycles. The molecule has 0 radical (unpaired) electrons. The molecule has 8 heteroatoms. The molecule has 0 aliphatic carbocycles. The van der Waals surface area contributed by atoms with Crippen LogP contribution in [0.5, 0.6) is 5.75 Å². The van der Waals surface area contributed by atoms with Crippen LogP contribution in [0, 0.1) is 5.92 Å². The van der Waals surface area contributed by atoms with E-state index in [1.807, 2.05) is 27.0 Å². The Morgan fingerprint density at radius 2 is 1.82 bits per heavy atom. The molecular formula is C26H47N7O. The van der Waals surface area contributed by atoms with Gasteiger partial charge in [-0.2, -0.15) is 0 Å². The molecule has 8 nitrogen and oxygen atoms in total. The summed E-state index contributed by atoms with van der Waals surface area (Å²) in [5, 5.41) is 13.4. The fraction of sp³-hybridized carbons (Fsp3) is 0.615. The molecule has 1 unspecified atom stereocenters. The molecule has 1 atom stereocenters. The van der Waals surface area contributed by atoms with E-state index in [0.717, 1.165) is 57.4 Å². The SMILES string of the molecule is CC.CCC(CCNC)CN1CC2(C1)CN(C(/C=C(\N)c1ccccc1O)=C(N)N)CCN2C. The number of para-hydroxylation sites is 1. The Balaban J connectivity index is 0.00000199. The first-order valence-corrected chi connectivity index (χ1v) is 12.6. The number of likely N-dealkylation sites (tertiary alicyclic amines) is 1. The number of nitrogens with one attached hydrogen (secondary N) is 1. The fourth-order valence-corrected chi connectivity index (χ4v) is 4.96. The number of nitrogens with two attached hydrogens (primary N) is 3. The van der Waals surface area contributed by atoms with Crippen molar-refractivity contribution < 1.29 is 5.11 Å². The lowest BCUT2D eigenvalue weighted by Crippen LogP contribution is -2.76.